The van der Waals surface area contributed by atoms with Gasteiger partial charge in [-0.1, -0.05) is 42.5 Å². The number of ether oxygens (including phenoxy) is 1. The fraction of sp³-hybridized carbons (Fsp3) is 0.304. The van der Waals surface area contributed by atoms with E-state index in [1.807, 2.05) is 43.3 Å². The van der Waals surface area contributed by atoms with Crippen molar-refractivity contribution in [1.29, 1.82) is 5.26 Å². The largest absolute Gasteiger partial charge is 0.467 e. The predicted octanol–water partition coefficient (Wildman–Crippen LogP) is 2.42. The molecule has 2 atom stereocenters. The van der Waals surface area contributed by atoms with Crippen LogP contribution in [0.15, 0.2) is 54.6 Å². The maximum absolute atomic E-state index is 12.3. The minimum atomic E-state index is -0.873. The zero-order valence-corrected chi connectivity index (χ0v) is 17.1. The molecule has 2 N–H and O–H groups in total. The lowest BCUT2D eigenvalue weighted by molar-refractivity contribution is -0.145. The molecular formula is C23H25N3O4. The minimum absolute atomic E-state index is 0.00770. The molecule has 2 amide bonds. The second-order valence-corrected chi connectivity index (χ2v) is 6.86. The molecule has 0 saturated carbocycles. The van der Waals surface area contributed by atoms with Gasteiger partial charge in [0.25, 0.3) is 0 Å². The van der Waals surface area contributed by atoms with Crippen LogP contribution in [0.2, 0.25) is 0 Å². The quantitative estimate of drug-likeness (QED) is 0.621. The number of nitrogens with one attached hydrogen (secondary N) is 2. The molecule has 2 rings (SSSR count). The zero-order chi connectivity index (χ0) is 21.9. The average Bonchev–Trinajstić information content (AvgIpc) is 2.77. The van der Waals surface area contributed by atoms with Crippen LogP contribution in [0, 0.1) is 11.3 Å². The molecule has 7 nitrogen and oxygen atoms in total. The summed E-state index contributed by atoms with van der Waals surface area (Å²) in [6, 6.07) is 17.2. The summed E-state index contributed by atoms with van der Waals surface area (Å²) < 4.78 is 4.77. The van der Waals surface area contributed by atoms with Crippen molar-refractivity contribution >= 4 is 17.8 Å². The molecule has 0 aliphatic carbocycles. The highest BCUT2D eigenvalue weighted by Crippen LogP contribution is 2.12. The molecule has 2 aromatic carbocycles. The van der Waals surface area contributed by atoms with Crippen molar-refractivity contribution in [3.63, 3.8) is 0 Å². The van der Waals surface area contributed by atoms with Crippen LogP contribution in [0.25, 0.3) is 0 Å². The predicted molar refractivity (Wildman–Crippen MR) is 111 cm³/mol. The van der Waals surface area contributed by atoms with Gasteiger partial charge in [-0.05, 0) is 30.2 Å². The van der Waals surface area contributed by atoms with Gasteiger partial charge in [-0.2, -0.15) is 5.26 Å². The molecule has 0 unspecified atom stereocenters. The van der Waals surface area contributed by atoms with Crippen molar-refractivity contribution in [2.24, 2.45) is 0 Å². The molecule has 0 spiro atoms. The van der Waals surface area contributed by atoms with Gasteiger partial charge in [-0.15, -0.1) is 0 Å². The Hall–Kier alpha value is -3.66. The number of hydrogen-bond acceptors (Lipinski definition) is 5. The maximum Gasteiger partial charge on any atom is 0.328 e. The first-order valence-electron chi connectivity index (χ1n) is 9.63. The minimum Gasteiger partial charge on any atom is -0.467 e. The van der Waals surface area contributed by atoms with Crippen molar-refractivity contribution in [2.45, 2.75) is 38.3 Å². The number of carbonyl (C=O) groups excluding carboxylic acids is 3. The second-order valence-electron chi connectivity index (χ2n) is 6.86. The van der Waals surface area contributed by atoms with E-state index < -0.39 is 17.9 Å². The lowest BCUT2D eigenvalue weighted by Gasteiger charge is -2.17. The summed E-state index contributed by atoms with van der Waals surface area (Å²) in [6.45, 7) is 1.87. The van der Waals surface area contributed by atoms with Gasteiger partial charge in [-0.3, -0.25) is 9.59 Å². The van der Waals surface area contributed by atoms with E-state index in [0.717, 1.165) is 11.1 Å². The van der Waals surface area contributed by atoms with Gasteiger partial charge in [0.05, 0.1) is 24.8 Å². The van der Waals surface area contributed by atoms with Crippen molar-refractivity contribution < 1.29 is 19.1 Å². The maximum atomic E-state index is 12.3. The summed E-state index contributed by atoms with van der Waals surface area (Å²) >= 11 is 0. The Kier molecular flexibility index (Phi) is 8.57. The number of rotatable bonds is 9. The summed E-state index contributed by atoms with van der Waals surface area (Å²) in [5.74, 6) is -1.24. The van der Waals surface area contributed by atoms with Gasteiger partial charge >= 0.3 is 5.97 Å². The van der Waals surface area contributed by atoms with E-state index in [9.17, 15) is 14.4 Å². The molecule has 0 radical (unpaired) electrons. The van der Waals surface area contributed by atoms with Crippen molar-refractivity contribution in [2.75, 3.05) is 7.11 Å². The van der Waals surface area contributed by atoms with Crippen LogP contribution < -0.4 is 10.6 Å². The first-order valence-corrected chi connectivity index (χ1v) is 9.63. The zero-order valence-electron chi connectivity index (χ0n) is 17.1. The normalized spacial score (nSPS) is 12.2. The molecule has 0 bridgehead atoms. The Balaban J connectivity index is 1.86. The number of nitrogens with zero attached hydrogens (tertiary/aromatic N) is 1. The first-order chi connectivity index (χ1) is 14.4. The van der Waals surface area contributed by atoms with Gasteiger partial charge in [0.2, 0.25) is 11.8 Å². The fourth-order valence-electron chi connectivity index (χ4n) is 2.92. The molecule has 0 aromatic heterocycles. The van der Waals surface area contributed by atoms with Crippen LogP contribution in [0.1, 0.15) is 42.5 Å². The van der Waals surface area contributed by atoms with Crippen LogP contribution in [0.4, 0.5) is 0 Å². The molecule has 30 heavy (non-hydrogen) atoms. The molecule has 0 saturated heterocycles. The molecule has 0 fully saturated rings. The van der Waals surface area contributed by atoms with Crippen LogP contribution in [0.5, 0.6) is 0 Å². The Morgan fingerprint density at radius 1 is 0.967 bits per heavy atom. The molecule has 2 aromatic rings. The number of nitriles is 1. The van der Waals surface area contributed by atoms with Gasteiger partial charge in [0, 0.05) is 19.3 Å². The van der Waals surface area contributed by atoms with Crippen LogP contribution >= 0.6 is 0 Å². The lowest BCUT2D eigenvalue weighted by atomic mass is 10.0. The van der Waals surface area contributed by atoms with E-state index in [1.165, 1.54) is 7.11 Å². The molecule has 7 heteroatoms. The third-order valence-corrected chi connectivity index (χ3v) is 4.60. The molecular weight excluding hydrogens is 382 g/mol. The van der Waals surface area contributed by atoms with Crippen LogP contribution in [0.3, 0.4) is 0 Å². The first kappa shape index (κ1) is 22.6. The SMILES string of the molecule is COC(=O)[C@@H](Cc1ccc(C#N)cc1)NC(=O)CCC(=O)N[C@H](C)c1ccccc1. The van der Waals surface area contributed by atoms with E-state index in [-0.39, 0.29) is 31.2 Å². The number of amides is 2. The van der Waals surface area contributed by atoms with E-state index >= 15 is 0 Å². The van der Waals surface area contributed by atoms with Gasteiger partial charge in [-0.25, -0.2) is 4.79 Å². The van der Waals surface area contributed by atoms with E-state index in [2.05, 4.69) is 10.6 Å². The number of benzene rings is 2. The summed E-state index contributed by atoms with van der Waals surface area (Å²) in [6.07, 6.45) is 0.184. The average molecular weight is 407 g/mol. The summed E-state index contributed by atoms with van der Waals surface area (Å²) in [5, 5.41) is 14.3. The highest BCUT2D eigenvalue weighted by molar-refractivity contribution is 5.87. The smallest absolute Gasteiger partial charge is 0.328 e. The van der Waals surface area contributed by atoms with Crippen molar-refractivity contribution in [3.05, 3.63) is 71.3 Å². The monoisotopic (exact) mass is 407 g/mol. The summed E-state index contributed by atoms with van der Waals surface area (Å²) in [5.41, 5.74) is 2.26. The molecule has 0 heterocycles. The Bertz CT molecular complexity index is 904. The number of esters is 1. The highest BCUT2D eigenvalue weighted by Gasteiger charge is 2.22. The van der Waals surface area contributed by atoms with Gasteiger partial charge in [0.15, 0.2) is 0 Å². The third kappa shape index (κ3) is 7.06. The standard InChI is InChI=1S/C23H25N3O4/c1-16(19-6-4-3-5-7-19)25-21(27)12-13-22(28)26-20(23(29)30-2)14-17-8-10-18(15-24)11-9-17/h3-11,16,20H,12-14H2,1-2H3,(H,25,27)(H,26,28)/t16-,20-/m1/s1. The van der Waals surface area contributed by atoms with Crippen LogP contribution in [-0.4, -0.2) is 30.9 Å². The van der Waals surface area contributed by atoms with Gasteiger partial charge in [0.1, 0.15) is 6.04 Å². The lowest BCUT2D eigenvalue weighted by Crippen LogP contribution is -2.43. The fourth-order valence-corrected chi connectivity index (χ4v) is 2.92. The van der Waals surface area contributed by atoms with E-state index in [0.29, 0.717) is 5.56 Å². The molecule has 0 aliphatic rings. The number of methoxy groups -OCH3 is 1. The number of carbonyl (C=O) groups is 3. The van der Waals surface area contributed by atoms with E-state index in [1.54, 1.807) is 24.3 Å². The number of hydrogen-bond donors (Lipinski definition) is 2. The molecule has 156 valence electrons. The van der Waals surface area contributed by atoms with Crippen LogP contribution in [-0.2, 0) is 25.5 Å². The summed E-state index contributed by atoms with van der Waals surface area (Å²) in [4.78, 5) is 36.5. The topological polar surface area (TPSA) is 108 Å². The van der Waals surface area contributed by atoms with Crippen molar-refractivity contribution in [1.82, 2.24) is 10.6 Å². The van der Waals surface area contributed by atoms with E-state index in [4.69, 9.17) is 10.00 Å². The third-order valence-electron chi connectivity index (χ3n) is 4.60. The van der Waals surface area contributed by atoms with Gasteiger partial charge < -0.3 is 15.4 Å². The Morgan fingerprint density at radius 2 is 1.57 bits per heavy atom. The summed E-state index contributed by atoms with van der Waals surface area (Å²) in [7, 11) is 1.25. The Labute approximate surface area is 176 Å². The Morgan fingerprint density at radius 3 is 2.13 bits per heavy atom. The second kappa shape index (κ2) is 11.4. The highest BCUT2D eigenvalue weighted by atomic mass is 16.5. The van der Waals surface area contributed by atoms with Crippen molar-refractivity contribution in [3.8, 4) is 6.07 Å². The molecule has 0 aliphatic heterocycles.